The van der Waals surface area contributed by atoms with Crippen LogP contribution in [0.2, 0.25) is 0 Å². The maximum atomic E-state index is 13.3. The van der Waals surface area contributed by atoms with Crippen LogP contribution in [0.25, 0.3) is 12.2 Å². The number of aldehydes is 4. The van der Waals surface area contributed by atoms with E-state index in [1.165, 1.54) is 62.9 Å². The second-order valence-corrected chi connectivity index (χ2v) is 29.7. The molecule has 0 bridgehead atoms. The summed E-state index contributed by atoms with van der Waals surface area (Å²) in [7, 11) is -24.0. The molecule has 8 N–H and O–H groups in total. The van der Waals surface area contributed by atoms with Gasteiger partial charge in [-0.2, -0.15) is 67.0 Å². The summed E-state index contributed by atoms with van der Waals surface area (Å²) in [5, 5.41) is 7.96. The van der Waals surface area contributed by atoms with Gasteiger partial charge >= 0.3 is 0 Å². The minimum absolute atomic E-state index is 0.0233. The van der Waals surface area contributed by atoms with Crippen LogP contribution in [0, 0.1) is 5.41 Å². The lowest BCUT2D eigenvalue weighted by Crippen LogP contribution is -2.49. The summed E-state index contributed by atoms with van der Waals surface area (Å²) < 4.78 is 172. The normalized spacial score (nSPS) is 13.1. The standard InChI is InChI=1S/C57H65N11O21S5/c1-56(2,35-90(75,76)77)32-45(73)20-24-67(43(33-71)22-26-69)54-61-49(29-37-8-6-5-7-9-37)60-50(62-54)30-38-10-11-39(47(28-38)93(84,85)86)12-13-40-14-15-42(31-48(40)94(87,88)89)59-53-63-52(58-41-16-18-46(19-17-41)92(81,82)83)64-55(65-53)68(44(34-72)23-27-70)25-21-51(74)66-57(3,4)36-91(78,79)80/h5-19,26-28,31,33-34,43-44H,20-25,29-30,32,35-36H2,1-4H3,(H,66,74)(H,75,76,77)(H,78,79,80)(H,81,82,83)(H,84,85,86)(H,87,88,89)(H2,58,59,63,64,65)/b13-12+. The highest BCUT2D eigenvalue weighted by molar-refractivity contribution is 7.86. The summed E-state index contributed by atoms with van der Waals surface area (Å²) in [6.45, 7) is 4.84. The Morgan fingerprint density at radius 3 is 1.51 bits per heavy atom. The number of amides is 1. The van der Waals surface area contributed by atoms with E-state index < -0.39 is 143 Å². The van der Waals surface area contributed by atoms with Crippen molar-refractivity contribution in [3.8, 4) is 0 Å². The molecule has 0 aliphatic carbocycles. The molecule has 2 atom stereocenters. The van der Waals surface area contributed by atoms with Crippen LogP contribution >= 0.6 is 0 Å². The van der Waals surface area contributed by atoms with Crippen LogP contribution in [0.3, 0.4) is 0 Å². The van der Waals surface area contributed by atoms with Crippen LogP contribution in [0.1, 0.15) is 93.7 Å². The van der Waals surface area contributed by atoms with Crippen molar-refractivity contribution >= 4 is 135 Å². The van der Waals surface area contributed by atoms with Gasteiger partial charge in [0.2, 0.25) is 29.7 Å². The number of anilines is 6. The van der Waals surface area contributed by atoms with Gasteiger partial charge in [-0.05, 0) is 84.0 Å². The lowest BCUT2D eigenvalue weighted by atomic mass is 9.88. The molecule has 2 aromatic heterocycles. The van der Waals surface area contributed by atoms with Crippen LogP contribution in [-0.2, 0) is 92.2 Å². The maximum Gasteiger partial charge on any atom is 0.295 e. The Bertz CT molecular complexity index is 4430. The van der Waals surface area contributed by atoms with E-state index in [9.17, 15) is 93.6 Å². The highest BCUT2D eigenvalue weighted by Gasteiger charge is 2.32. The smallest absolute Gasteiger partial charge is 0.295 e. The fraction of sp³-hybridized carbons (Fsp3) is 0.333. The van der Waals surface area contributed by atoms with Crippen molar-refractivity contribution in [2.24, 2.45) is 5.41 Å². The molecule has 37 heteroatoms. The number of aromatic nitrogens is 6. The molecule has 0 saturated carbocycles. The number of carbonyl (C=O) groups is 6. The Morgan fingerprint density at radius 2 is 1.01 bits per heavy atom. The molecule has 0 spiro atoms. The van der Waals surface area contributed by atoms with Crippen LogP contribution in [0.4, 0.5) is 35.2 Å². The number of rotatable bonds is 36. The van der Waals surface area contributed by atoms with E-state index in [2.05, 4.69) is 45.9 Å². The zero-order chi connectivity index (χ0) is 69.6. The van der Waals surface area contributed by atoms with Crippen LogP contribution < -0.4 is 25.8 Å². The number of benzene rings is 4. The topological polar surface area (TPSA) is 494 Å². The van der Waals surface area contributed by atoms with Gasteiger partial charge in [-0.15, -0.1) is 0 Å². The maximum absolute atomic E-state index is 13.3. The van der Waals surface area contributed by atoms with Gasteiger partial charge in [0.05, 0.1) is 34.0 Å². The third-order valence-corrected chi connectivity index (χ3v) is 18.4. The molecular weight excluding hydrogens is 1340 g/mol. The molecule has 0 radical (unpaired) electrons. The third kappa shape index (κ3) is 23.0. The first-order valence-electron chi connectivity index (χ1n) is 27.9. The molecule has 4 aromatic carbocycles. The Kier molecular flexibility index (Phi) is 24.5. The first-order chi connectivity index (χ1) is 43.7. The average Bonchev–Trinajstić information content (AvgIpc) is 0.821. The lowest BCUT2D eigenvalue weighted by molar-refractivity contribution is -0.122. The number of hydrogen-bond donors (Lipinski definition) is 8. The van der Waals surface area contributed by atoms with Gasteiger partial charge in [0.1, 0.15) is 52.4 Å². The molecule has 6 rings (SSSR count). The van der Waals surface area contributed by atoms with E-state index in [1.807, 2.05) is 0 Å². The van der Waals surface area contributed by atoms with Crippen molar-refractivity contribution in [3.05, 3.63) is 125 Å². The van der Waals surface area contributed by atoms with E-state index in [0.29, 0.717) is 25.1 Å². The molecule has 32 nitrogen and oxygen atoms in total. The molecule has 94 heavy (non-hydrogen) atoms. The lowest BCUT2D eigenvalue weighted by Gasteiger charge is -2.29. The van der Waals surface area contributed by atoms with E-state index in [0.717, 1.165) is 52.9 Å². The zero-order valence-corrected chi connectivity index (χ0v) is 54.5. The van der Waals surface area contributed by atoms with E-state index in [1.54, 1.807) is 30.3 Å². The summed E-state index contributed by atoms with van der Waals surface area (Å²) in [5.74, 6) is -4.17. The predicted octanol–water partition coefficient (Wildman–Crippen LogP) is 4.00. The van der Waals surface area contributed by atoms with E-state index in [-0.39, 0.29) is 90.3 Å². The Balaban J connectivity index is 1.37. The van der Waals surface area contributed by atoms with Crippen molar-refractivity contribution in [1.82, 2.24) is 35.2 Å². The monoisotopic (exact) mass is 1400 g/mol. The van der Waals surface area contributed by atoms with Gasteiger partial charge in [-0.1, -0.05) is 74.5 Å². The highest BCUT2D eigenvalue weighted by Crippen LogP contribution is 2.30. The summed E-state index contributed by atoms with van der Waals surface area (Å²) in [6.07, 6.45) is 1.65. The average molecular weight is 1400 g/mol. The number of ketones is 1. The van der Waals surface area contributed by atoms with Crippen LogP contribution in [0.15, 0.2) is 106 Å². The Hall–Kier alpha value is -8.79. The van der Waals surface area contributed by atoms with Crippen molar-refractivity contribution < 1.29 is 93.6 Å². The Labute approximate surface area is 540 Å². The van der Waals surface area contributed by atoms with Crippen molar-refractivity contribution in [2.75, 3.05) is 45.0 Å². The quantitative estimate of drug-likeness (QED) is 0.0156. The van der Waals surface area contributed by atoms with Gasteiger partial charge in [0, 0.05) is 69.4 Å². The van der Waals surface area contributed by atoms with Crippen molar-refractivity contribution in [3.63, 3.8) is 0 Å². The van der Waals surface area contributed by atoms with E-state index >= 15 is 0 Å². The van der Waals surface area contributed by atoms with Gasteiger partial charge < -0.3 is 44.9 Å². The molecule has 6 aromatic rings. The second kappa shape index (κ2) is 31.0. The molecule has 504 valence electrons. The molecule has 1 amide bonds. The highest BCUT2D eigenvalue weighted by atomic mass is 32.2. The number of Topliss-reactive ketones (excluding diaryl/α,β-unsaturated/α-hetero) is 1. The zero-order valence-electron chi connectivity index (χ0n) is 50.4. The molecule has 2 unspecified atom stereocenters. The van der Waals surface area contributed by atoms with Crippen molar-refractivity contribution in [2.45, 2.75) is 105 Å². The summed E-state index contributed by atoms with van der Waals surface area (Å²) >= 11 is 0. The predicted molar refractivity (Wildman–Crippen MR) is 339 cm³/mol. The molecular formula is C57H65N11O21S5. The van der Waals surface area contributed by atoms with Crippen LogP contribution in [-0.4, -0.2) is 174 Å². The van der Waals surface area contributed by atoms with Crippen molar-refractivity contribution in [1.29, 1.82) is 0 Å². The Morgan fingerprint density at radius 1 is 0.532 bits per heavy atom. The molecule has 0 saturated heterocycles. The number of carbonyl (C=O) groups excluding carboxylic acids is 6. The van der Waals surface area contributed by atoms with Gasteiger partial charge in [-0.3, -0.25) is 32.4 Å². The largest absolute Gasteiger partial charge is 0.350 e. The van der Waals surface area contributed by atoms with Gasteiger partial charge in [-0.25, -0.2) is 4.98 Å². The first kappa shape index (κ1) is 74.3. The van der Waals surface area contributed by atoms with Gasteiger partial charge in [0.25, 0.3) is 50.6 Å². The third-order valence-electron chi connectivity index (χ3n) is 13.4. The number of nitrogens with one attached hydrogen (secondary N) is 3. The fourth-order valence-electron chi connectivity index (χ4n) is 9.58. The minimum atomic E-state index is -5.20. The summed E-state index contributed by atoms with van der Waals surface area (Å²) in [4.78, 5) is 102. The molecule has 0 aliphatic heterocycles. The fourth-order valence-corrected chi connectivity index (χ4v) is 13.6. The molecule has 0 fully saturated rings. The molecule has 0 aliphatic rings. The van der Waals surface area contributed by atoms with E-state index in [4.69, 9.17) is 0 Å². The second-order valence-electron chi connectivity index (χ2n) is 22.6. The molecule has 2 heterocycles. The van der Waals surface area contributed by atoms with Gasteiger partial charge in [0.15, 0.2) is 0 Å². The summed E-state index contributed by atoms with van der Waals surface area (Å²) in [5.41, 5.74) is -2.36. The summed E-state index contributed by atoms with van der Waals surface area (Å²) in [6, 6.07) is 17.7. The minimum Gasteiger partial charge on any atom is -0.350 e. The number of nitrogens with zero attached hydrogens (tertiary/aromatic N) is 8. The van der Waals surface area contributed by atoms with Crippen LogP contribution in [0.5, 0.6) is 0 Å². The number of hydrogen-bond acceptors (Lipinski definition) is 26. The first-order valence-corrected chi connectivity index (χ1v) is 35.4. The SMILES string of the molecule is CC(C)(CC(=O)CCN(c1nc(Cc2ccccc2)nc(Cc2ccc(/C=C/c3ccc(Nc4nc(Nc5ccc(S(=O)(=O)O)cc5)nc(N(CCC(=O)NC(C)(C)CS(=O)(=O)O)C(C=O)CC=O)n4)cc3S(=O)(=O)O)c(S(=O)(=O)O)c2)n1)C(C=O)CC=O)CS(=O)(=O)O.